The van der Waals surface area contributed by atoms with E-state index in [-0.39, 0.29) is 5.91 Å². The number of pyridine rings is 1. The van der Waals surface area contributed by atoms with E-state index in [4.69, 9.17) is 4.98 Å². The minimum atomic E-state index is -0.413. The summed E-state index contributed by atoms with van der Waals surface area (Å²) in [6.45, 7) is 5.07. The summed E-state index contributed by atoms with van der Waals surface area (Å²) in [5.41, 5.74) is 5.16. The van der Waals surface area contributed by atoms with Gasteiger partial charge in [-0.3, -0.25) is 9.78 Å². The van der Waals surface area contributed by atoms with Gasteiger partial charge in [-0.05, 0) is 67.6 Å². The highest BCUT2D eigenvalue weighted by Gasteiger charge is 2.21. The number of nitrogens with zero attached hydrogens (tertiary/aromatic N) is 4. The number of amides is 1. The van der Waals surface area contributed by atoms with Crippen molar-refractivity contribution in [1.29, 1.82) is 0 Å². The zero-order valence-electron chi connectivity index (χ0n) is 21.4. The van der Waals surface area contributed by atoms with E-state index in [1.54, 1.807) is 34.6 Å². The van der Waals surface area contributed by atoms with Crippen molar-refractivity contribution >= 4 is 49.7 Å². The summed E-state index contributed by atoms with van der Waals surface area (Å²) in [6, 6.07) is 18.6. The van der Waals surface area contributed by atoms with E-state index in [0.29, 0.717) is 24.2 Å². The van der Waals surface area contributed by atoms with E-state index in [9.17, 15) is 4.79 Å². The summed E-state index contributed by atoms with van der Waals surface area (Å²) in [5.74, 6) is -0.538. The van der Waals surface area contributed by atoms with Crippen LogP contribution in [-0.2, 0) is 6.42 Å². The van der Waals surface area contributed by atoms with Crippen molar-refractivity contribution in [2.45, 2.75) is 13.3 Å². The van der Waals surface area contributed by atoms with Crippen LogP contribution in [0, 0.1) is 5.82 Å². The Morgan fingerprint density at radius 1 is 1.00 bits per heavy atom. The maximum atomic E-state index is 15.3. The maximum absolute atomic E-state index is 15.3. The zero-order valence-corrected chi connectivity index (χ0v) is 22.2. The van der Waals surface area contributed by atoms with Crippen molar-refractivity contribution in [3.8, 4) is 11.1 Å². The van der Waals surface area contributed by atoms with Gasteiger partial charge in [-0.1, -0.05) is 19.1 Å². The number of thiazole rings is 1. The Morgan fingerprint density at radius 3 is 2.63 bits per heavy atom. The second-order valence-corrected chi connectivity index (χ2v) is 10.8. The zero-order chi connectivity index (χ0) is 26.2. The normalized spacial score (nSPS) is 14.3. The molecule has 0 saturated carbocycles. The third-order valence-electron chi connectivity index (χ3n) is 7.07. The van der Waals surface area contributed by atoms with Gasteiger partial charge in [-0.25, -0.2) is 9.37 Å². The van der Waals surface area contributed by atoms with Crippen LogP contribution in [0.4, 0.5) is 15.8 Å². The van der Waals surface area contributed by atoms with E-state index in [0.717, 1.165) is 57.9 Å². The van der Waals surface area contributed by atoms with E-state index in [1.807, 2.05) is 37.4 Å². The maximum Gasteiger partial charge on any atom is 0.254 e. The highest BCUT2D eigenvalue weighted by atomic mass is 32.1. The minimum absolute atomic E-state index is 0.124. The molecule has 192 valence electrons. The molecule has 1 N–H and O–H groups in total. The topological polar surface area (TPSA) is 61.4 Å². The van der Waals surface area contributed by atoms with Crippen LogP contribution in [0.25, 0.3) is 32.2 Å². The molecule has 0 unspecified atom stereocenters. The molecular formula is C30H28FN5OS. The number of rotatable bonds is 5. The Morgan fingerprint density at radius 2 is 1.84 bits per heavy atom. The van der Waals surface area contributed by atoms with Crippen molar-refractivity contribution < 1.29 is 9.18 Å². The van der Waals surface area contributed by atoms with Gasteiger partial charge in [0, 0.05) is 60.3 Å². The lowest BCUT2D eigenvalue weighted by atomic mass is 10.00. The van der Waals surface area contributed by atoms with Crippen LogP contribution in [0.5, 0.6) is 0 Å². The van der Waals surface area contributed by atoms with E-state index in [2.05, 4.69) is 34.3 Å². The van der Waals surface area contributed by atoms with Crippen LogP contribution in [-0.4, -0.2) is 58.9 Å². The minimum Gasteiger partial charge on any atom is -0.355 e. The lowest BCUT2D eigenvalue weighted by molar-refractivity contribution is 0.0663. The van der Waals surface area contributed by atoms with Gasteiger partial charge in [0.1, 0.15) is 5.82 Å². The molecular weight excluding hydrogens is 497 g/mol. The van der Waals surface area contributed by atoms with E-state index in [1.165, 1.54) is 10.8 Å². The quantitative estimate of drug-likeness (QED) is 0.290. The first-order valence-electron chi connectivity index (χ1n) is 12.8. The Bertz CT molecular complexity index is 1660. The molecule has 6 nitrogen and oxygen atoms in total. The number of aryl methyl sites for hydroxylation is 1. The number of benzene rings is 3. The molecule has 38 heavy (non-hydrogen) atoms. The number of carbonyl (C=O) groups is 1. The number of likely N-dealkylation sites (N-methyl/N-ethyl adjacent to an activating group) is 1. The lowest BCUT2D eigenvalue weighted by Crippen LogP contribution is -2.47. The number of aromatic nitrogens is 2. The summed E-state index contributed by atoms with van der Waals surface area (Å²) in [5, 5.41) is 5.50. The molecule has 1 saturated heterocycles. The standard InChI is InChI=1S/C30H28FN5OS/c1-3-29-34-27-18-21(6-9-28(27)38-29)33-26-10-11-32-25-8-5-19(16-23(25)26)22-7-4-20(17-24(22)31)30(37)36-14-12-35(2)13-15-36/h4-11,16-18H,3,12-15H2,1-2H3,(H,32,33). The molecule has 0 spiro atoms. The number of halogens is 1. The lowest BCUT2D eigenvalue weighted by Gasteiger charge is -2.32. The number of anilines is 2. The summed E-state index contributed by atoms with van der Waals surface area (Å²) >= 11 is 1.72. The van der Waals surface area contributed by atoms with Gasteiger partial charge in [0.05, 0.1) is 20.7 Å². The monoisotopic (exact) mass is 525 g/mol. The first-order valence-corrected chi connectivity index (χ1v) is 13.6. The molecule has 1 fully saturated rings. The Hall–Kier alpha value is -3.88. The SMILES string of the molecule is CCc1nc2cc(Nc3ccnc4ccc(-c5ccc(C(=O)N6CCN(C)CC6)cc5F)cc34)ccc2s1. The van der Waals surface area contributed by atoms with E-state index >= 15 is 4.39 Å². The number of carbonyl (C=O) groups excluding carboxylic acids is 1. The molecule has 0 radical (unpaired) electrons. The third-order valence-corrected chi connectivity index (χ3v) is 8.25. The molecule has 0 aliphatic carbocycles. The molecule has 5 aromatic rings. The van der Waals surface area contributed by atoms with Gasteiger partial charge in [0.2, 0.25) is 0 Å². The first kappa shape index (κ1) is 24.5. The van der Waals surface area contributed by atoms with Gasteiger partial charge >= 0.3 is 0 Å². The molecule has 6 rings (SSSR count). The summed E-state index contributed by atoms with van der Waals surface area (Å²) in [6.07, 6.45) is 2.68. The van der Waals surface area contributed by atoms with Crippen LogP contribution in [0.15, 0.2) is 66.9 Å². The number of nitrogens with one attached hydrogen (secondary N) is 1. The number of hydrogen-bond acceptors (Lipinski definition) is 6. The van der Waals surface area contributed by atoms with E-state index < -0.39 is 5.82 Å². The molecule has 2 aromatic heterocycles. The Labute approximate surface area is 224 Å². The van der Waals surface area contributed by atoms with Crippen molar-refractivity contribution in [3.05, 3.63) is 83.2 Å². The van der Waals surface area contributed by atoms with Crippen LogP contribution >= 0.6 is 11.3 Å². The Kier molecular flexibility index (Phi) is 6.51. The highest BCUT2D eigenvalue weighted by Crippen LogP contribution is 2.33. The van der Waals surface area contributed by atoms with Crippen molar-refractivity contribution in [3.63, 3.8) is 0 Å². The molecule has 3 aromatic carbocycles. The predicted octanol–water partition coefficient (Wildman–Crippen LogP) is 6.34. The number of hydrogen-bond donors (Lipinski definition) is 1. The molecule has 0 bridgehead atoms. The molecule has 1 amide bonds. The largest absolute Gasteiger partial charge is 0.355 e. The van der Waals surface area contributed by atoms with Crippen molar-refractivity contribution in [2.24, 2.45) is 0 Å². The third kappa shape index (κ3) is 4.73. The van der Waals surface area contributed by atoms with Gasteiger partial charge in [-0.15, -0.1) is 11.3 Å². The van der Waals surface area contributed by atoms with Crippen molar-refractivity contribution in [2.75, 3.05) is 38.5 Å². The smallest absolute Gasteiger partial charge is 0.254 e. The highest BCUT2D eigenvalue weighted by molar-refractivity contribution is 7.18. The molecule has 8 heteroatoms. The predicted molar refractivity (Wildman–Crippen MR) is 153 cm³/mol. The average molecular weight is 526 g/mol. The van der Waals surface area contributed by atoms with Gasteiger partial charge in [-0.2, -0.15) is 0 Å². The van der Waals surface area contributed by atoms with Crippen molar-refractivity contribution in [1.82, 2.24) is 19.8 Å². The Balaban J connectivity index is 1.30. The van der Waals surface area contributed by atoms with Gasteiger partial charge in [0.15, 0.2) is 0 Å². The van der Waals surface area contributed by atoms with Crippen LogP contribution < -0.4 is 5.32 Å². The number of piperazine rings is 1. The summed E-state index contributed by atoms with van der Waals surface area (Å²) in [4.78, 5) is 26.1. The molecule has 1 aliphatic heterocycles. The van der Waals surface area contributed by atoms with Gasteiger partial charge < -0.3 is 15.1 Å². The van der Waals surface area contributed by atoms with Crippen LogP contribution in [0.3, 0.4) is 0 Å². The average Bonchev–Trinajstić information content (AvgIpc) is 3.36. The summed E-state index contributed by atoms with van der Waals surface area (Å²) < 4.78 is 16.5. The fourth-order valence-corrected chi connectivity index (χ4v) is 5.74. The number of fused-ring (bicyclic) bond motifs is 2. The first-order chi connectivity index (χ1) is 18.5. The molecule has 3 heterocycles. The molecule has 0 atom stereocenters. The van der Waals surface area contributed by atoms with Crippen LogP contribution in [0.1, 0.15) is 22.3 Å². The fraction of sp³-hybridized carbons (Fsp3) is 0.233. The second kappa shape index (κ2) is 10.1. The second-order valence-electron chi connectivity index (χ2n) is 9.65. The van der Waals surface area contributed by atoms with Gasteiger partial charge in [0.25, 0.3) is 5.91 Å². The molecule has 1 aliphatic rings. The van der Waals surface area contributed by atoms with Crippen LogP contribution in [0.2, 0.25) is 0 Å². The summed E-state index contributed by atoms with van der Waals surface area (Å²) in [7, 11) is 2.04. The fourth-order valence-electron chi connectivity index (χ4n) is 4.86.